The number of nitrogens with zero attached hydrogens (tertiary/aromatic N) is 1. The maximum atomic E-state index is 12.3. The molecule has 5 aromatic rings. The van der Waals surface area contributed by atoms with Crippen molar-refractivity contribution in [1.82, 2.24) is 4.90 Å². The number of carbonyl (C=O) groups excluding carboxylic acids is 2. The normalized spacial score (nSPS) is 10.7. The van der Waals surface area contributed by atoms with Gasteiger partial charge in [-0.1, -0.05) is 65.1 Å². The third-order valence-electron chi connectivity index (χ3n) is 6.04. The Morgan fingerprint density at radius 3 is 1.47 bits per heavy atom. The number of aromatic hydroxyl groups is 1. The Morgan fingerprint density at radius 2 is 1.17 bits per heavy atom. The molecule has 0 bridgehead atoms. The van der Waals surface area contributed by atoms with E-state index in [1.54, 1.807) is 47.4 Å². The van der Waals surface area contributed by atoms with Gasteiger partial charge in [0.1, 0.15) is 44.9 Å². The quantitative estimate of drug-likeness (QED) is 0.0879. The van der Waals surface area contributed by atoms with Crippen molar-refractivity contribution in [2.24, 2.45) is 0 Å². The van der Waals surface area contributed by atoms with Crippen LogP contribution in [0, 0.1) is 11.6 Å². The van der Waals surface area contributed by atoms with Gasteiger partial charge in [0.05, 0.1) is 4.47 Å². The monoisotopic (exact) mass is 967 g/mol. The van der Waals surface area contributed by atoms with E-state index in [9.17, 15) is 13.6 Å². The molecular formula is C36H30Br2Cl3F2K2NO7. The molecule has 1 aliphatic heterocycles. The number of hydrogen-bond acceptors (Lipinski definition) is 7. The maximum Gasteiger partial charge on any atom is 1.00 e. The molecule has 0 aromatic heterocycles. The summed E-state index contributed by atoms with van der Waals surface area (Å²) in [6.07, 6.45) is 1.81. The van der Waals surface area contributed by atoms with Crippen molar-refractivity contribution in [3.8, 4) is 28.7 Å². The number of carbonyl (C=O) groups is 2. The van der Waals surface area contributed by atoms with Crippen LogP contribution in [0.5, 0.6) is 28.7 Å². The first-order valence-corrected chi connectivity index (χ1v) is 17.2. The molecule has 53 heavy (non-hydrogen) atoms. The predicted molar refractivity (Wildman–Crippen MR) is 200 cm³/mol. The summed E-state index contributed by atoms with van der Waals surface area (Å²) in [7, 11) is 1.84. The number of halogens is 7. The molecule has 6 rings (SSSR count). The van der Waals surface area contributed by atoms with E-state index in [1.165, 1.54) is 24.3 Å². The van der Waals surface area contributed by atoms with Gasteiger partial charge in [-0.15, -0.1) is 0 Å². The van der Waals surface area contributed by atoms with Crippen molar-refractivity contribution in [1.29, 1.82) is 0 Å². The van der Waals surface area contributed by atoms with Crippen LogP contribution in [0.3, 0.4) is 0 Å². The van der Waals surface area contributed by atoms with E-state index in [1.807, 2.05) is 49.5 Å². The van der Waals surface area contributed by atoms with Gasteiger partial charge in [0.15, 0.2) is 0 Å². The summed E-state index contributed by atoms with van der Waals surface area (Å²) < 4.78 is 36.9. The summed E-state index contributed by atoms with van der Waals surface area (Å²) in [5.41, 5.74) is 0. The topological polar surface area (TPSA) is 108 Å². The van der Waals surface area contributed by atoms with E-state index in [0.717, 1.165) is 19.4 Å². The summed E-state index contributed by atoms with van der Waals surface area (Å²) in [5, 5.41) is 19.0. The number of rotatable bonds is 5. The van der Waals surface area contributed by atoms with Gasteiger partial charge in [-0.05, 0) is 117 Å². The molecule has 0 saturated carbocycles. The van der Waals surface area contributed by atoms with Crippen LogP contribution >= 0.6 is 66.7 Å². The van der Waals surface area contributed by atoms with E-state index in [4.69, 9.17) is 59.4 Å². The average Bonchev–Trinajstić information content (AvgIpc) is 3.48. The van der Waals surface area contributed by atoms with Gasteiger partial charge in [0, 0.05) is 35.1 Å². The largest absolute Gasteiger partial charge is 1.00 e. The zero-order chi connectivity index (χ0) is 37.8. The molecule has 1 saturated heterocycles. The molecule has 1 aliphatic rings. The van der Waals surface area contributed by atoms with Crippen LogP contribution < -0.4 is 118 Å². The van der Waals surface area contributed by atoms with Crippen molar-refractivity contribution in [2.75, 3.05) is 13.6 Å². The van der Waals surface area contributed by atoms with Crippen molar-refractivity contribution >= 4 is 79.0 Å². The van der Waals surface area contributed by atoms with Crippen molar-refractivity contribution < 1.29 is 147 Å². The molecule has 0 spiro atoms. The van der Waals surface area contributed by atoms with E-state index < -0.39 is 11.6 Å². The van der Waals surface area contributed by atoms with E-state index >= 15 is 0 Å². The molecule has 0 atom stereocenters. The van der Waals surface area contributed by atoms with Crippen LogP contribution in [-0.4, -0.2) is 36.0 Å². The Balaban J connectivity index is 0. The molecule has 0 radical (unpaired) electrons. The van der Waals surface area contributed by atoms with Gasteiger partial charge < -0.3 is 31.1 Å². The fourth-order valence-electron chi connectivity index (χ4n) is 3.70. The van der Waals surface area contributed by atoms with Crippen LogP contribution in [0.15, 0.2) is 118 Å². The predicted octanol–water partition coefficient (Wildman–Crippen LogP) is 4.91. The van der Waals surface area contributed by atoms with Gasteiger partial charge in [-0.3, -0.25) is 9.59 Å². The van der Waals surface area contributed by atoms with Crippen LogP contribution in [0.4, 0.5) is 8.78 Å². The van der Waals surface area contributed by atoms with Crippen LogP contribution in [0.2, 0.25) is 15.1 Å². The van der Waals surface area contributed by atoms with Crippen LogP contribution in [0.25, 0.3) is 0 Å². The molecule has 5 aromatic carbocycles. The fraction of sp³-hybridized carbons (Fsp3) is 0.111. The summed E-state index contributed by atoms with van der Waals surface area (Å²) in [6.45, 7) is 0.777. The van der Waals surface area contributed by atoms with E-state index in [0.29, 0.717) is 48.4 Å². The van der Waals surface area contributed by atoms with E-state index in [-0.39, 0.29) is 121 Å². The first-order chi connectivity index (χ1) is 24.3. The number of ether oxygens (including phenoxy) is 2. The van der Waals surface area contributed by atoms with Gasteiger partial charge in [-0.2, -0.15) is 0 Å². The Hall–Kier alpha value is -0.637. The van der Waals surface area contributed by atoms with Gasteiger partial charge in [0.25, 0.3) is 6.47 Å². The number of amides is 1. The molecule has 1 N–H and O–H groups in total. The number of likely N-dealkylation sites (tertiary alicyclic amines) is 1. The molecule has 0 unspecified atom stereocenters. The third kappa shape index (κ3) is 21.5. The zero-order valence-electron chi connectivity index (χ0n) is 29.6. The Morgan fingerprint density at radius 1 is 0.755 bits per heavy atom. The molecule has 8 nitrogen and oxygen atoms in total. The second-order valence-electron chi connectivity index (χ2n) is 9.81. The van der Waals surface area contributed by atoms with Crippen LogP contribution in [-0.2, 0) is 14.5 Å². The van der Waals surface area contributed by atoms with Gasteiger partial charge in [-0.25, -0.2) is 8.78 Å². The SMILES string of the molecule is CN1CCCC1=O.Clc1cccc(Oc2cccc(Oc3cccc(Cl)c3)c2Br)c1.Fc1cccc(F)c1Br.O=CO[O-].Oc1cccc(Cl)c1.[H-].[K+].[K+]. The number of benzene rings is 5. The minimum atomic E-state index is -0.574. The Bertz CT molecular complexity index is 1770. The first-order valence-electron chi connectivity index (χ1n) is 14.5. The van der Waals surface area contributed by atoms with Crippen LogP contribution in [0.1, 0.15) is 14.3 Å². The molecular weight excluding hydrogens is 941 g/mol. The molecule has 1 fully saturated rings. The average molecular weight is 971 g/mol. The van der Waals surface area contributed by atoms with Gasteiger partial charge >= 0.3 is 103 Å². The molecule has 0 aliphatic carbocycles. The van der Waals surface area contributed by atoms with Crippen molar-refractivity contribution in [3.63, 3.8) is 0 Å². The number of phenolic OH excluding ortho intramolecular Hbond substituents is 1. The van der Waals surface area contributed by atoms with E-state index in [2.05, 4.69) is 36.7 Å². The second kappa shape index (κ2) is 29.6. The summed E-state index contributed by atoms with van der Waals surface area (Å²) in [4.78, 5) is 23.5. The zero-order valence-corrected chi connectivity index (χ0v) is 40.3. The van der Waals surface area contributed by atoms with Crippen molar-refractivity contribution in [3.05, 3.63) is 145 Å². The standard InChI is InChI=1S/C18H11BrCl2O2.C6H3BrF2.C6H5ClO.C5H9NO.CH2O3.2K.H/c19-18-16(22-14-6-1-4-12(20)10-14)8-3-9-17(18)23-15-7-2-5-13(21)11-15;7-6-4(8)2-1-3-5(6)9;7-5-2-1-3-6(8)4-5;1-6-4-2-3-5(6)7;2-1-4-3;;;/h1-11H;1-3H;1-4,8H;2-4H2,1H3;1,3H;;;/q;;;;;2*+1;-1/p-1. The molecule has 17 heteroatoms. The maximum absolute atomic E-state index is 12.3. The number of hydrogen-bond donors (Lipinski definition) is 1. The summed E-state index contributed by atoms with van der Waals surface area (Å²) in [6, 6.07) is 30.1. The second-order valence-corrected chi connectivity index (χ2v) is 12.7. The summed E-state index contributed by atoms with van der Waals surface area (Å²) >= 11 is 23.7. The minimum absolute atomic E-state index is 0. The van der Waals surface area contributed by atoms with Gasteiger partial charge in [0.2, 0.25) is 5.91 Å². The first kappa shape index (κ1) is 52.4. The Labute approximate surface area is 424 Å². The fourth-order valence-corrected chi connectivity index (χ4v) is 4.94. The number of phenols is 1. The Kier molecular flexibility index (Phi) is 29.2. The molecule has 1 amide bonds. The smallest absolute Gasteiger partial charge is 1.00 e. The third-order valence-corrected chi connectivity index (χ3v) is 8.28. The van der Waals surface area contributed by atoms with Crippen molar-refractivity contribution in [2.45, 2.75) is 12.8 Å². The molecule has 272 valence electrons. The molecule has 1 heterocycles. The summed E-state index contributed by atoms with van der Waals surface area (Å²) in [5.74, 6) is 1.91. The minimum Gasteiger partial charge on any atom is -1.00 e.